The topological polar surface area (TPSA) is 51.2 Å². The van der Waals surface area contributed by atoms with Crippen molar-refractivity contribution < 1.29 is 13.2 Å². The van der Waals surface area contributed by atoms with Gasteiger partial charge in [0.1, 0.15) is 9.96 Å². The summed E-state index contributed by atoms with van der Waals surface area (Å²) in [4.78, 5) is 12.1. The second-order valence-corrected chi connectivity index (χ2v) is 7.20. The minimum atomic E-state index is -3.47. The normalized spacial score (nSPS) is 11.5. The lowest BCUT2D eigenvalue weighted by Crippen LogP contribution is -2.14. The second-order valence-electron chi connectivity index (χ2n) is 3.09. The molecule has 0 spiro atoms. The van der Waals surface area contributed by atoms with E-state index in [-0.39, 0.29) is 9.99 Å². The third-order valence-corrected chi connectivity index (χ3v) is 5.93. The van der Waals surface area contributed by atoms with Gasteiger partial charge in [-0.2, -0.15) is 0 Å². The fraction of sp³-hybridized carbons (Fsp3) is 0.100. The molecule has 0 aromatic carbocycles. The molecule has 0 bridgehead atoms. The molecule has 0 aliphatic rings. The Morgan fingerprint density at radius 2 is 1.81 bits per heavy atom. The van der Waals surface area contributed by atoms with Crippen LogP contribution in [0, 0.1) is 0 Å². The van der Waals surface area contributed by atoms with Crippen molar-refractivity contribution in [3.05, 3.63) is 39.9 Å². The summed E-state index contributed by atoms with van der Waals surface area (Å²) in [5.41, 5.74) is 0. The van der Waals surface area contributed by atoms with Gasteiger partial charge in [0.2, 0.25) is 0 Å². The largest absolute Gasteiger partial charge is 0.292 e. The zero-order valence-electron chi connectivity index (χ0n) is 8.12. The van der Waals surface area contributed by atoms with E-state index in [0.29, 0.717) is 4.88 Å². The maximum absolute atomic E-state index is 11.8. The molecule has 0 radical (unpaired) electrons. The SMILES string of the molecule is O=C(CS(=O)(=O)c1cccs1)c1cccs1. The fourth-order valence-corrected chi connectivity index (χ4v) is 4.26. The van der Waals surface area contributed by atoms with E-state index in [0.717, 1.165) is 11.3 Å². The highest BCUT2D eigenvalue weighted by atomic mass is 32.2. The quantitative estimate of drug-likeness (QED) is 0.803. The van der Waals surface area contributed by atoms with Gasteiger partial charge in [-0.3, -0.25) is 4.79 Å². The first kappa shape index (κ1) is 11.5. The summed E-state index contributed by atoms with van der Waals surface area (Å²) >= 11 is 2.39. The van der Waals surface area contributed by atoms with E-state index in [1.165, 1.54) is 17.4 Å². The molecular weight excluding hydrogens is 264 g/mol. The maximum atomic E-state index is 11.8. The molecule has 2 aromatic rings. The monoisotopic (exact) mass is 272 g/mol. The number of ketones is 1. The van der Waals surface area contributed by atoms with E-state index < -0.39 is 15.6 Å². The van der Waals surface area contributed by atoms with E-state index in [2.05, 4.69) is 0 Å². The van der Waals surface area contributed by atoms with Crippen molar-refractivity contribution in [1.82, 2.24) is 0 Å². The molecule has 0 aliphatic heterocycles. The van der Waals surface area contributed by atoms with Gasteiger partial charge >= 0.3 is 0 Å². The van der Waals surface area contributed by atoms with Crippen LogP contribution < -0.4 is 0 Å². The number of rotatable bonds is 4. The van der Waals surface area contributed by atoms with Gasteiger partial charge in [-0.1, -0.05) is 12.1 Å². The molecule has 2 aromatic heterocycles. The summed E-state index contributed by atoms with van der Waals surface area (Å²) in [5.74, 6) is -0.794. The number of hydrogen-bond acceptors (Lipinski definition) is 5. The molecular formula is C10H8O3S3. The Morgan fingerprint density at radius 3 is 2.38 bits per heavy atom. The predicted molar refractivity (Wildman–Crippen MR) is 65.0 cm³/mol. The van der Waals surface area contributed by atoms with Gasteiger partial charge in [-0.25, -0.2) is 8.42 Å². The molecule has 0 aliphatic carbocycles. The zero-order chi connectivity index (χ0) is 11.6. The van der Waals surface area contributed by atoms with Crippen LogP contribution in [0.2, 0.25) is 0 Å². The van der Waals surface area contributed by atoms with Crippen LogP contribution >= 0.6 is 22.7 Å². The van der Waals surface area contributed by atoms with Gasteiger partial charge in [0, 0.05) is 0 Å². The average Bonchev–Trinajstić information content (AvgIpc) is 2.91. The molecule has 84 valence electrons. The molecule has 16 heavy (non-hydrogen) atoms. The molecule has 2 heterocycles. The minimum Gasteiger partial charge on any atom is -0.292 e. The van der Waals surface area contributed by atoms with Gasteiger partial charge in [0.25, 0.3) is 0 Å². The van der Waals surface area contributed by atoms with E-state index >= 15 is 0 Å². The summed E-state index contributed by atoms with van der Waals surface area (Å²) in [6, 6.07) is 6.54. The fourth-order valence-electron chi connectivity index (χ4n) is 1.19. The van der Waals surface area contributed by atoms with Crippen LogP contribution in [0.4, 0.5) is 0 Å². The third-order valence-electron chi connectivity index (χ3n) is 1.92. The van der Waals surface area contributed by atoms with Crippen molar-refractivity contribution >= 4 is 38.3 Å². The van der Waals surface area contributed by atoms with Crippen LogP contribution in [0.5, 0.6) is 0 Å². The molecule has 0 amide bonds. The summed E-state index contributed by atoms with van der Waals surface area (Å²) in [5, 5.41) is 3.44. The smallest absolute Gasteiger partial charge is 0.195 e. The van der Waals surface area contributed by atoms with Gasteiger partial charge in [0.15, 0.2) is 15.6 Å². The van der Waals surface area contributed by atoms with Crippen LogP contribution in [0.25, 0.3) is 0 Å². The number of sulfone groups is 1. The van der Waals surface area contributed by atoms with E-state index in [1.54, 1.807) is 29.0 Å². The van der Waals surface area contributed by atoms with Crippen molar-refractivity contribution in [3.63, 3.8) is 0 Å². The first-order valence-corrected chi connectivity index (χ1v) is 7.84. The highest BCUT2D eigenvalue weighted by Crippen LogP contribution is 2.19. The van der Waals surface area contributed by atoms with Crippen molar-refractivity contribution in [3.8, 4) is 0 Å². The second kappa shape index (κ2) is 4.48. The van der Waals surface area contributed by atoms with Crippen LogP contribution in [0.3, 0.4) is 0 Å². The first-order chi connectivity index (χ1) is 7.59. The van der Waals surface area contributed by atoms with Gasteiger partial charge < -0.3 is 0 Å². The van der Waals surface area contributed by atoms with E-state index in [9.17, 15) is 13.2 Å². The molecule has 0 atom stereocenters. The summed E-state index contributed by atoms with van der Waals surface area (Å²) in [6.45, 7) is 0. The van der Waals surface area contributed by atoms with Crippen LogP contribution in [-0.2, 0) is 9.84 Å². The average molecular weight is 272 g/mol. The van der Waals surface area contributed by atoms with Crippen LogP contribution in [-0.4, -0.2) is 20.0 Å². The lowest BCUT2D eigenvalue weighted by molar-refractivity contribution is 0.102. The molecule has 0 saturated carbocycles. The standard InChI is InChI=1S/C10H8O3S3/c11-8(9-3-1-5-14-9)7-16(12,13)10-4-2-6-15-10/h1-6H,7H2. The third kappa shape index (κ3) is 2.40. The Balaban J connectivity index is 2.20. The first-order valence-electron chi connectivity index (χ1n) is 4.42. The Morgan fingerprint density at radius 1 is 1.12 bits per heavy atom. The number of hydrogen-bond donors (Lipinski definition) is 0. The number of Topliss-reactive ketones (excluding diaryl/α,β-unsaturated/α-hetero) is 1. The summed E-state index contributed by atoms with van der Waals surface area (Å²) in [6.07, 6.45) is 0. The minimum absolute atomic E-state index is 0.248. The molecule has 3 nitrogen and oxygen atoms in total. The highest BCUT2D eigenvalue weighted by Gasteiger charge is 2.21. The lowest BCUT2D eigenvalue weighted by Gasteiger charge is -1.99. The molecule has 0 unspecified atom stereocenters. The molecule has 0 saturated heterocycles. The van der Waals surface area contributed by atoms with Gasteiger partial charge in [-0.15, -0.1) is 22.7 Å². The van der Waals surface area contributed by atoms with Crippen LogP contribution in [0.15, 0.2) is 39.2 Å². The Hall–Kier alpha value is -0.980. The highest BCUT2D eigenvalue weighted by molar-refractivity contribution is 7.94. The Kier molecular flexibility index (Phi) is 3.22. The van der Waals surface area contributed by atoms with Crippen molar-refractivity contribution in [2.24, 2.45) is 0 Å². The predicted octanol–water partition coefficient (Wildman–Crippen LogP) is 2.47. The van der Waals surface area contributed by atoms with Crippen molar-refractivity contribution in [2.45, 2.75) is 4.21 Å². The molecule has 6 heteroatoms. The molecule has 0 N–H and O–H groups in total. The van der Waals surface area contributed by atoms with Crippen molar-refractivity contribution in [1.29, 1.82) is 0 Å². The number of thiophene rings is 2. The molecule has 0 fully saturated rings. The maximum Gasteiger partial charge on any atom is 0.195 e. The summed E-state index contributed by atoms with van der Waals surface area (Å²) in [7, 11) is -3.47. The van der Waals surface area contributed by atoms with E-state index in [1.807, 2.05) is 0 Å². The lowest BCUT2D eigenvalue weighted by atomic mass is 10.4. The van der Waals surface area contributed by atoms with E-state index in [4.69, 9.17) is 0 Å². The zero-order valence-corrected chi connectivity index (χ0v) is 10.6. The molecule has 2 rings (SSSR count). The Bertz CT molecular complexity index is 565. The van der Waals surface area contributed by atoms with Crippen LogP contribution in [0.1, 0.15) is 9.67 Å². The van der Waals surface area contributed by atoms with Gasteiger partial charge in [-0.05, 0) is 22.9 Å². The Labute approximate surface area is 101 Å². The summed E-state index contributed by atoms with van der Waals surface area (Å²) < 4.78 is 23.8. The van der Waals surface area contributed by atoms with Gasteiger partial charge in [0.05, 0.1) is 4.88 Å². The number of carbonyl (C=O) groups is 1. The van der Waals surface area contributed by atoms with Crippen molar-refractivity contribution in [2.75, 3.05) is 5.75 Å². The number of carbonyl (C=O) groups excluding carboxylic acids is 1.